The van der Waals surface area contributed by atoms with Gasteiger partial charge in [0.1, 0.15) is 0 Å². The zero-order chi connectivity index (χ0) is 10.4. The normalized spacial score (nSPS) is 27.2. The van der Waals surface area contributed by atoms with Gasteiger partial charge in [0.25, 0.3) is 0 Å². The van der Waals surface area contributed by atoms with Crippen LogP contribution >= 0.6 is 0 Å². The Balaban J connectivity index is 2.29. The monoisotopic (exact) mass is 200 g/mol. The fraction of sp³-hybridized carbons (Fsp3) is 1.00. The summed E-state index contributed by atoms with van der Waals surface area (Å²) < 4.78 is 0. The van der Waals surface area contributed by atoms with Gasteiger partial charge in [-0.25, -0.2) is 0 Å². The van der Waals surface area contributed by atoms with Gasteiger partial charge < -0.3 is 15.3 Å². The fourth-order valence-electron chi connectivity index (χ4n) is 2.04. The average molecular weight is 200 g/mol. The van der Waals surface area contributed by atoms with Crippen molar-refractivity contribution in [1.29, 1.82) is 0 Å². The third-order valence-corrected chi connectivity index (χ3v) is 3.14. The van der Waals surface area contributed by atoms with E-state index in [-0.39, 0.29) is 6.61 Å². The molecule has 0 amide bonds. The number of nitrogens with one attached hydrogen (secondary N) is 1. The lowest BCUT2D eigenvalue weighted by Gasteiger charge is -2.22. The van der Waals surface area contributed by atoms with Crippen LogP contribution in [0.3, 0.4) is 0 Å². The molecule has 1 rings (SSSR count). The highest BCUT2D eigenvalue weighted by molar-refractivity contribution is 4.77. The maximum atomic E-state index is 9.11. The second-order valence-corrected chi connectivity index (χ2v) is 4.39. The smallest absolute Gasteiger partial charge is 0.0584 e. The summed E-state index contributed by atoms with van der Waals surface area (Å²) in [5, 5.41) is 12.6. The molecule has 0 aromatic heterocycles. The number of rotatable bonds is 4. The number of likely N-dealkylation sites (tertiary alicyclic amines) is 1. The molecule has 1 aliphatic rings. The minimum absolute atomic E-state index is 0.267. The van der Waals surface area contributed by atoms with Crippen LogP contribution in [0.1, 0.15) is 32.6 Å². The lowest BCUT2D eigenvalue weighted by atomic mass is 10.1. The summed E-state index contributed by atoms with van der Waals surface area (Å²) in [5.74, 6) is 0. The summed E-state index contributed by atoms with van der Waals surface area (Å²) in [6.07, 6.45) is 4.76. The van der Waals surface area contributed by atoms with Crippen LogP contribution in [0.25, 0.3) is 0 Å². The summed E-state index contributed by atoms with van der Waals surface area (Å²) in [7, 11) is 2.19. The van der Waals surface area contributed by atoms with Gasteiger partial charge in [-0.3, -0.25) is 0 Å². The Hall–Kier alpha value is -0.120. The van der Waals surface area contributed by atoms with Crippen molar-refractivity contribution in [2.75, 3.05) is 26.7 Å². The van der Waals surface area contributed by atoms with E-state index in [1.54, 1.807) is 0 Å². The van der Waals surface area contributed by atoms with Gasteiger partial charge in [0.2, 0.25) is 0 Å². The summed E-state index contributed by atoms with van der Waals surface area (Å²) in [6.45, 7) is 4.78. The predicted molar refractivity (Wildman–Crippen MR) is 59.4 cm³/mol. The van der Waals surface area contributed by atoms with Gasteiger partial charge in [-0.05, 0) is 45.8 Å². The van der Waals surface area contributed by atoms with Crippen LogP contribution in [-0.2, 0) is 0 Å². The van der Waals surface area contributed by atoms with Crippen molar-refractivity contribution in [3.8, 4) is 0 Å². The van der Waals surface area contributed by atoms with E-state index in [0.29, 0.717) is 12.1 Å². The topological polar surface area (TPSA) is 35.5 Å². The maximum absolute atomic E-state index is 9.11. The standard InChI is InChI=1S/C11H24N2O/c1-3-10(9-14)12-11-5-4-7-13(2)8-6-11/h10-12,14H,3-9H2,1-2H3/t10-,11?/m0/s1. The lowest BCUT2D eigenvalue weighted by Crippen LogP contribution is -2.40. The van der Waals surface area contributed by atoms with Gasteiger partial charge in [-0.15, -0.1) is 0 Å². The second kappa shape index (κ2) is 6.38. The number of aliphatic hydroxyl groups is 1. The van der Waals surface area contributed by atoms with Crippen LogP contribution < -0.4 is 5.32 Å². The molecule has 0 aromatic rings. The Morgan fingerprint density at radius 2 is 2.21 bits per heavy atom. The first-order chi connectivity index (χ1) is 6.76. The van der Waals surface area contributed by atoms with E-state index >= 15 is 0 Å². The van der Waals surface area contributed by atoms with Gasteiger partial charge in [0, 0.05) is 12.1 Å². The number of hydrogen-bond acceptors (Lipinski definition) is 3. The van der Waals surface area contributed by atoms with E-state index in [1.807, 2.05) is 0 Å². The van der Waals surface area contributed by atoms with Crippen molar-refractivity contribution < 1.29 is 5.11 Å². The van der Waals surface area contributed by atoms with Crippen LogP contribution in [-0.4, -0.2) is 48.8 Å². The van der Waals surface area contributed by atoms with E-state index in [2.05, 4.69) is 24.2 Å². The van der Waals surface area contributed by atoms with E-state index in [0.717, 1.165) is 6.42 Å². The first kappa shape index (κ1) is 12.0. The van der Waals surface area contributed by atoms with Crippen LogP contribution in [0.5, 0.6) is 0 Å². The Bertz CT molecular complexity index is 148. The Morgan fingerprint density at radius 1 is 1.43 bits per heavy atom. The second-order valence-electron chi connectivity index (χ2n) is 4.39. The molecular weight excluding hydrogens is 176 g/mol. The molecule has 84 valence electrons. The molecule has 3 heteroatoms. The lowest BCUT2D eigenvalue weighted by molar-refractivity contribution is 0.222. The molecule has 0 spiro atoms. The molecule has 0 aromatic carbocycles. The summed E-state index contributed by atoms with van der Waals surface area (Å²) in [4.78, 5) is 2.39. The van der Waals surface area contributed by atoms with Crippen molar-refractivity contribution in [2.24, 2.45) is 0 Å². The van der Waals surface area contributed by atoms with Gasteiger partial charge in [0.15, 0.2) is 0 Å². The van der Waals surface area contributed by atoms with E-state index in [9.17, 15) is 0 Å². The first-order valence-electron chi connectivity index (χ1n) is 5.81. The summed E-state index contributed by atoms with van der Waals surface area (Å²) in [6, 6.07) is 0.903. The van der Waals surface area contributed by atoms with Crippen molar-refractivity contribution in [3.63, 3.8) is 0 Å². The highest BCUT2D eigenvalue weighted by Gasteiger charge is 2.16. The molecule has 0 aliphatic carbocycles. The molecule has 1 heterocycles. The quantitative estimate of drug-likeness (QED) is 0.705. The predicted octanol–water partition coefficient (Wildman–Crippen LogP) is 0.831. The van der Waals surface area contributed by atoms with Crippen LogP contribution in [0, 0.1) is 0 Å². The van der Waals surface area contributed by atoms with Gasteiger partial charge >= 0.3 is 0 Å². The van der Waals surface area contributed by atoms with Crippen LogP contribution in [0.15, 0.2) is 0 Å². The van der Waals surface area contributed by atoms with Gasteiger partial charge in [-0.2, -0.15) is 0 Å². The van der Waals surface area contributed by atoms with Crippen molar-refractivity contribution in [3.05, 3.63) is 0 Å². The molecule has 1 fully saturated rings. The number of aliphatic hydroxyl groups excluding tert-OH is 1. The Morgan fingerprint density at radius 3 is 2.86 bits per heavy atom. The van der Waals surface area contributed by atoms with Gasteiger partial charge in [0.05, 0.1) is 6.61 Å². The first-order valence-corrected chi connectivity index (χ1v) is 5.81. The molecule has 2 atom stereocenters. The molecule has 0 radical (unpaired) electrons. The molecule has 14 heavy (non-hydrogen) atoms. The maximum Gasteiger partial charge on any atom is 0.0584 e. The Kier molecular flexibility index (Phi) is 5.45. The highest BCUT2D eigenvalue weighted by atomic mass is 16.3. The third kappa shape index (κ3) is 3.95. The molecule has 2 N–H and O–H groups in total. The molecule has 1 saturated heterocycles. The largest absolute Gasteiger partial charge is 0.395 e. The van der Waals surface area contributed by atoms with Crippen LogP contribution in [0.4, 0.5) is 0 Å². The molecular formula is C11H24N2O. The minimum Gasteiger partial charge on any atom is -0.395 e. The van der Waals surface area contributed by atoms with Crippen molar-refractivity contribution in [1.82, 2.24) is 10.2 Å². The van der Waals surface area contributed by atoms with Gasteiger partial charge in [-0.1, -0.05) is 6.92 Å². The Labute approximate surface area is 87.5 Å². The zero-order valence-corrected chi connectivity index (χ0v) is 9.50. The highest BCUT2D eigenvalue weighted by Crippen LogP contribution is 2.10. The number of hydrogen-bond donors (Lipinski definition) is 2. The molecule has 1 aliphatic heterocycles. The fourth-order valence-corrected chi connectivity index (χ4v) is 2.04. The summed E-state index contributed by atoms with van der Waals surface area (Å²) >= 11 is 0. The summed E-state index contributed by atoms with van der Waals surface area (Å²) in [5.41, 5.74) is 0. The van der Waals surface area contributed by atoms with Crippen molar-refractivity contribution in [2.45, 2.75) is 44.7 Å². The van der Waals surface area contributed by atoms with Crippen molar-refractivity contribution >= 4 is 0 Å². The van der Waals surface area contributed by atoms with E-state index in [4.69, 9.17) is 5.11 Å². The average Bonchev–Trinajstić information content (AvgIpc) is 2.40. The zero-order valence-electron chi connectivity index (χ0n) is 9.50. The minimum atomic E-state index is 0.267. The van der Waals surface area contributed by atoms with E-state index in [1.165, 1.54) is 32.4 Å². The number of nitrogens with zero attached hydrogens (tertiary/aromatic N) is 1. The molecule has 0 bridgehead atoms. The molecule has 0 saturated carbocycles. The molecule has 1 unspecified atom stereocenters. The van der Waals surface area contributed by atoms with E-state index < -0.39 is 0 Å². The third-order valence-electron chi connectivity index (χ3n) is 3.14. The molecule has 3 nitrogen and oxygen atoms in total. The SMILES string of the molecule is CC[C@@H](CO)NC1CCCN(C)CC1. The van der Waals surface area contributed by atoms with Crippen LogP contribution in [0.2, 0.25) is 0 Å².